The molecule has 0 aromatic carbocycles. The largest absolute Gasteiger partial charge is 0.394 e. The first-order valence-electron chi connectivity index (χ1n) is 35.7. The SMILES string of the molecule is CCCCCCCCCCCCCCC/C=C\C/C=C\CCCCCCCCCCCCCCCCCCC(O)C(=O)NC(COC1OC(CO)C(O)C(O)C1O)C(O)C(O)CCCCCCCCCCCCCCCCCCCCC. The van der Waals surface area contributed by atoms with E-state index in [9.17, 15) is 40.5 Å². The molecular weight excluding hydrogens is 1030 g/mol. The van der Waals surface area contributed by atoms with Crippen molar-refractivity contribution in [1.29, 1.82) is 0 Å². The molecule has 82 heavy (non-hydrogen) atoms. The molecule has 1 fully saturated rings. The second-order valence-corrected chi connectivity index (χ2v) is 25.3. The number of nitrogens with one attached hydrogen (secondary N) is 1. The Morgan fingerprint density at radius 2 is 0.744 bits per heavy atom. The summed E-state index contributed by atoms with van der Waals surface area (Å²) >= 11 is 0. The van der Waals surface area contributed by atoms with Crippen molar-refractivity contribution in [3.05, 3.63) is 24.3 Å². The number of aliphatic hydroxyl groups is 7. The van der Waals surface area contributed by atoms with Gasteiger partial charge in [0.15, 0.2) is 6.29 Å². The molecule has 9 unspecified atom stereocenters. The van der Waals surface area contributed by atoms with Gasteiger partial charge in [0.1, 0.15) is 36.6 Å². The zero-order valence-corrected chi connectivity index (χ0v) is 53.8. The first-order valence-corrected chi connectivity index (χ1v) is 35.7. The van der Waals surface area contributed by atoms with Crippen molar-refractivity contribution in [2.45, 2.75) is 409 Å². The first-order chi connectivity index (χ1) is 40.2. The van der Waals surface area contributed by atoms with Crippen LogP contribution in [-0.4, -0.2) is 110 Å². The minimum atomic E-state index is -1.66. The van der Waals surface area contributed by atoms with Crippen LogP contribution in [0.3, 0.4) is 0 Å². The molecule has 1 amide bonds. The second kappa shape index (κ2) is 59.9. The number of carbonyl (C=O) groups is 1. The topological polar surface area (TPSA) is 189 Å². The summed E-state index contributed by atoms with van der Waals surface area (Å²) in [6.07, 6.45) is 64.1. The Hall–Kier alpha value is -1.41. The van der Waals surface area contributed by atoms with Crippen LogP contribution in [0.15, 0.2) is 24.3 Å². The summed E-state index contributed by atoms with van der Waals surface area (Å²) in [4.78, 5) is 13.2. The highest BCUT2D eigenvalue weighted by molar-refractivity contribution is 5.80. The first kappa shape index (κ1) is 78.6. The van der Waals surface area contributed by atoms with Gasteiger partial charge in [0.05, 0.1) is 25.4 Å². The average Bonchev–Trinajstić information content (AvgIpc) is 3.48. The van der Waals surface area contributed by atoms with Crippen molar-refractivity contribution in [3.63, 3.8) is 0 Å². The van der Waals surface area contributed by atoms with Crippen LogP contribution in [0.1, 0.15) is 354 Å². The van der Waals surface area contributed by atoms with Crippen LogP contribution in [0.4, 0.5) is 0 Å². The lowest BCUT2D eigenvalue weighted by Crippen LogP contribution is -2.60. The minimum absolute atomic E-state index is 0.263. The number of rotatable bonds is 63. The summed E-state index contributed by atoms with van der Waals surface area (Å²) in [7, 11) is 0. The van der Waals surface area contributed by atoms with Crippen LogP contribution in [0.5, 0.6) is 0 Å². The monoisotopic (exact) mass is 1160 g/mol. The van der Waals surface area contributed by atoms with E-state index in [1.54, 1.807) is 0 Å². The molecule has 0 bridgehead atoms. The summed E-state index contributed by atoms with van der Waals surface area (Å²) < 4.78 is 11.2. The van der Waals surface area contributed by atoms with E-state index in [2.05, 4.69) is 43.5 Å². The van der Waals surface area contributed by atoms with E-state index in [1.165, 1.54) is 270 Å². The fourth-order valence-electron chi connectivity index (χ4n) is 11.8. The molecule has 1 aliphatic heterocycles. The highest BCUT2D eigenvalue weighted by atomic mass is 16.7. The second-order valence-electron chi connectivity index (χ2n) is 25.3. The molecule has 1 aliphatic rings. The summed E-state index contributed by atoms with van der Waals surface area (Å²) in [5.41, 5.74) is 0. The quantitative estimate of drug-likeness (QED) is 0.0215. The van der Waals surface area contributed by atoms with E-state index in [4.69, 9.17) is 9.47 Å². The van der Waals surface area contributed by atoms with Crippen LogP contribution in [0.2, 0.25) is 0 Å². The average molecular weight is 1160 g/mol. The molecule has 8 N–H and O–H groups in total. The van der Waals surface area contributed by atoms with Crippen molar-refractivity contribution in [2.24, 2.45) is 0 Å². The van der Waals surface area contributed by atoms with Gasteiger partial charge in [0, 0.05) is 0 Å². The van der Waals surface area contributed by atoms with Gasteiger partial charge in [0.25, 0.3) is 0 Å². The van der Waals surface area contributed by atoms with E-state index in [0.717, 1.165) is 44.9 Å². The number of carbonyl (C=O) groups excluding carboxylic acids is 1. The summed E-state index contributed by atoms with van der Waals surface area (Å²) in [5, 5.41) is 76.5. The van der Waals surface area contributed by atoms with Gasteiger partial charge < -0.3 is 50.5 Å². The Morgan fingerprint density at radius 3 is 1.09 bits per heavy atom. The van der Waals surface area contributed by atoms with Gasteiger partial charge in [-0.1, -0.05) is 334 Å². The van der Waals surface area contributed by atoms with Crippen molar-refractivity contribution >= 4 is 5.91 Å². The number of allylic oxidation sites excluding steroid dienone is 4. The molecule has 0 aliphatic carbocycles. The third kappa shape index (κ3) is 46.8. The van der Waals surface area contributed by atoms with Crippen LogP contribution in [-0.2, 0) is 14.3 Å². The summed E-state index contributed by atoms with van der Waals surface area (Å²) in [6, 6.07) is -1.17. The zero-order valence-electron chi connectivity index (χ0n) is 53.8. The summed E-state index contributed by atoms with van der Waals surface area (Å²) in [5.74, 6) is -0.690. The molecule has 486 valence electrons. The number of hydrogen-bond acceptors (Lipinski definition) is 10. The fraction of sp³-hybridized carbons (Fsp3) is 0.930. The van der Waals surface area contributed by atoms with Crippen molar-refractivity contribution < 1.29 is 50.0 Å². The van der Waals surface area contributed by atoms with E-state index in [1.807, 2.05) is 0 Å². The molecule has 11 nitrogen and oxygen atoms in total. The molecule has 0 spiro atoms. The van der Waals surface area contributed by atoms with Crippen molar-refractivity contribution in [2.75, 3.05) is 13.2 Å². The molecule has 11 heteroatoms. The Kier molecular flexibility index (Phi) is 57.4. The Bertz CT molecular complexity index is 1380. The Labute approximate surface area is 505 Å². The van der Waals surface area contributed by atoms with E-state index in [0.29, 0.717) is 19.3 Å². The molecule has 0 radical (unpaired) electrons. The number of aliphatic hydroxyl groups excluding tert-OH is 7. The van der Waals surface area contributed by atoms with Gasteiger partial charge >= 0.3 is 0 Å². The molecule has 0 aromatic heterocycles. The molecule has 1 rings (SSSR count). The molecule has 1 saturated heterocycles. The number of amides is 1. The predicted molar refractivity (Wildman–Crippen MR) is 344 cm³/mol. The maximum absolute atomic E-state index is 13.2. The number of ether oxygens (including phenoxy) is 2. The van der Waals surface area contributed by atoms with Gasteiger partial charge in [-0.15, -0.1) is 0 Å². The molecular formula is C71H137NO10. The number of unbranched alkanes of at least 4 members (excludes halogenated alkanes) is 47. The van der Waals surface area contributed by atoms with Crippen LogP contribution in [0.25, 0.3) is 0 Å². The van der Waals surface area contributed by atoms with E-state index < -0.39 is 74.2 Å². The lowest BCUT2D eigenvalue weighted by Gasteiger charge is -2.40. The number of hydrogen-bond donors (Lipinski definition) is 8. The van der Waals surface area contributed by atoms with Crippen molar-refractivity contribution in [1.82, 2.24) is 5.32 Å². The van der Waals surface area contributed by atoms with Crippen molar-refractivity contribution in [3.8, 4) is 0 Å². The van der Waals surface area contributed by atoms with Crippen LogP contribution in [0, 0.1) is 0 Å². The standard InChI is InChI=1S/C71H137NO10/c1-3-5-7-9-11-13-15-17-19-21-23-24-25-26-27-28-29-30-31-32-33-34-35-36-37-38-39-41-43-45-47-49-51-53-55-57-59-64(75)70(80)72-62(61-81-71-69(79)68(78)67(77)65(60-73)82-71)66(76)63(74)58-56-54-52-50-48-46-44-42-40-22-20-18-16-14-12-10-8-6-4-2/h27-28,30-31,62-69,71,73-79H,3-26,29,32-61H2,1-2H3,(H,72,80)/b28-27-,31-30-. The van der Waals surface area contributed by atoms with Gasteiger partial charge in [-0.2, -0.15) is 0 Å². The highest BCUT2D eigenvalue weighted by Crippen LogP contribution is 2.24. The van der Waals surface area contributed by atoms with Gasteiger partial charge in [-0.05, 0) is 44.9 Å². The molecule has 9 atom stereocenters. The van der Waals surface area contributed by atoms with E-state index in [-0.39, 0.29) is 6.42 Å². The fourth-order valence-corrected chi connectivity index (χ4v) is 11.8. The molecule has 0 aromatic rings. The summed E-state index contributed by atoms with van der Waals surface area (Å²) in [6.45, 7) is 3.51. The third-order valence-electron chi connectivity index (χ3n) is 17.5. The zero-order chi connectivity index (χ0) is 59.6. The molecule has 1 heterocycles. The van der Waals surface area contributed by atoms with Gasteiger partial charge in [-0.25, -0.2) is 0 Å². The Balaban J connectivity index is 2.15. The lowest BCUT2D eigenvalue weighted by atomic mass is 9.98. The van der Waals surface area contributed by atoms with Gasteiger partial charge in [-0.3, -0.25) is 4.79 Å². The predicted octanol–water partition coefficient (Wildman–Crippen LogP) is 17.2. The molecule has 0 saturated carbocycles. The van der Waals surface area contributed by atoms with Crippen LogP contribution >= 0.6 is 0 Å². The smallest absolute Gasteiger partial charge is 0.249 e. The normalized spacial score (nSPS) is 19.2. The Morgan fingerprint density at radius 1 is 0.427 bits per heavy atom. The lowest BCUT2D eigenvalue weighted by molar-refractivity contribution is -0.303. The maximum atomic E-state index is 13.2. The van der Waals surface area contributed by atoms with Crippen LogP contribution < -0.4 is 5.32 Å². The maximum Gasteiger partial charge on any atom is 0.249 e. The van der Waals surface area contributed by atoms with Gasteiger partial charge in [0.2, 0.25) is 5.91 Å². The highest BCUT2D eigenvalue weighted by Gasteiger charge is 2.44. The third-order valence-corrected chi connectivity index (χ3v) is 17.5. The minimum Gasteiger partial charge on any atom is -0.394 e. The van der Waals surface area contributed by atoms with E-state index >= 15 is 0 Å².